The van der Waals surface area contributed by atoms with Gasteiger partial charge in [0.05, 0.1) is 0 Å². The maximum absolute atomic E-state index is 12.9. The Labute approximate surface area is 170 Å². The fourth-order valence-corrected chi connectivity index (χ4v) is 3.41. The Morgan fingerprint density at radius 2 is 1.59 bits per heavy atom. The van der Waals surface area contributed by atoms with Crippen LogP contribution in [0, 0.1) is 6.92 Å². The van der Waals surface area contributed by atoms with Crippen molar-refractivity contribution in [2.45, 2.75) is 20.3 Å². The third-order valence-electron chi connectivity index (χ3n) is 4.99. The number of hydrogen-bond donors (Lipinski definition) is 1. The third kappa shape index (κ3) is 3.94. The van der Waals surface area contributed by atoms with E-state index in [0.29, 0.717) is 5.56 Å². The molecule has 5 heteroatoms. The molecule has 4 rings (SSSR count). The number of anilines is 1. The summed E-state index contributed by atoms with van der Waals surface area (Å²) in [5.74, 6) is -0.112. The first-order chi connectivity index (χ1) is 14.2. The van der Waals surface area contributed by atoms with Gasteiger partial charge in [-0.1, -0.05) is 49.4 Å². The van der Waals surface area contributed by atoms with Gasteiger partial charge in [-0.2, -0.15) is 0 Å². The van der Waals surface area contributed by atoms with Crippen LogP contribution in [0.2, 0.25) is 0 Å². The van der Waals surface area contributed by atoms with Gasteiger partial charge < -0.3 is 5.32 Å². The van der Waals surface area contributed by atoms with Crippen molar-refractivity contribution in [1.82, 2.24) is 14.8 Å². The van der Waals surface area contributed by atoms with Gasteiger partial charge in [0, 0.05) is 16.9 Å². The van der Waals surface area contributed by atoms with Gasteiger partial charge >= 0.3 is 0 Å². The van der Waals surface area contributed by atoms with Crippen LogP contribution in [0.3, 0.4) is 0 Å². The second-order valence-electron chi connectivity index (χ2n) is 6.92. The van der Waals surface area contributed by atoms with Crippen LogP contribution in [0.25, 0.3) is 16.8 Å². The topological polar surface area (TPSA) is 59.8 Å². The maximum atomic E-state index is 12.9. The van der Waals surface area contributed by atoms with Crippen molar-refractivity contribution in [2.24, 2.45) is 0 Å². The number of amides is 1. The second kappa shape index (κ2) is 8.10. The molecule has 1 aromatic heterocycles. The van der Waals surface area contributed by atoms with E-state index in [0.717, 1.165) is 40.0 Å². The average Bonchev–Trinajstić information content (AvgIpc) is 3.30. The normalized spacial score (nSPS) is 10.7. The van der Waals surface area contributed by atoms with Crippen LogP contribution in [-0.4, -0.2) is 20.7 Å². The molecule has 3 aromatic carbocycles. The number of aromatic nitrogens is 3. The van der Waals surface area contributed by atoms with E-state index in [2.05, 4.69) is 40.6 Å². The lowest BCUT2D eigenvalue weighted by molar-refractivity contribution is 0.102. The molecule has 0 atom stereocenters. The minimum atomic E-state index is -0.112. The third-order valence-corrected chi connectivity index (χ3v) is 4.99. The summed E-state index contributed by atoms with van der Waals surface area (Å²) in [4.78, 5) is 12.9. The Morgan fingerprint density at radius 3 is 2.24 bits per heavy atom. The standard InChI is InChI=1S/C24H22N4O/c1-3-18-14-22(28-15-25-26-16-28)13-17(2)23(18)27-24(29)21-11-9-20(10-12-21)19-7-5-4-6-8-19/h4-16H,3H2,1-2H3,(H,27,29). The molecular weight excluding hydrogens is 360 g/mol. The summed E-state index contributed by atoms with van der Waals surface area (Å²) in [5.41, 5.74) is 6.77. The van der Waals surface area contributed by atoms with E-state index in [4.69, 9.17) is 0 Å². The molecule has 0 radical (unpaired) electrons. The summed E-state index contributed by atoms with van der Waals surface area (Å²) in [6, 6.07) is 21.9. The van der Waals surface area contributed by atoms with Crippen molar-refractivity contribution >= 4 is 11.6 Å². The first kappa shape index (κ1) is 18.6. The molecule has 1 amide bonds. The number of benzene rings is 3. The number of nitrogens with one attached hydrogen (secondary N) is 1. The van der Waals surface area contributed by atoms with Gasteiger partial charge in [0.2, 0.25) is 0 Å². The Hall–Kier alpha value is -3.73. The van der Waals surface area contributed by atoms with Crippen LogP contribution in [-0.2, 0) is 6.42 Å². The molecule has 1 heterocycles. The second-order valence-corrected chi connectivity index (χ2v) is 6.92. The number of carbonyl (C=O) groups excluding carboxylic acids is 1. The van der Waals surface area contributed by atoms with E-state index in [1.807, 2.05) is 60.0 Å². The van der Waals surface area contributed by atoms with Crippen molar-refractivity contribution in [3.8, 4) is 16.8 Å². The van der Waals surface area contributed by atoms with Crippen LogP contribution in [0.5, 0.6) is 0 Å². The monoisotopic (exact) mass is 382 g/mol. The summed E-state index contributed by atoms with van der Waals surface area (Å²) in [6.45, 7) is 4.08. The van der Waals surface area contributed by atoms with E-state index in [-0.39, 0.29) is 5.91 Å². The zero-order chi connectivity index (χ0) is 20.2. The minimum Gasteiger partial charge on any atom is -0.321 e. The fraction of sp³-hybridized carbons (Fsp3) is 0.125. The van der Waals surface area contributed by atoms with E-state index in [1.54, 1.807) is 12.7 Å². The summed E-state index contributed by atoms with van der Waals surface area (Å²) >= 11 is 0. The average molecular weight is 382 g/mol. The lowest BCUT2D eigenvalue weighted by Gasteiger charge is -2.16. The van der Waals surface area contributed by atoms with Gasteiger partial charge in [0.15, 0.2) is 0 Å². The lowest BCUT2D eigenvalue weighted by Crippen LogP contribution is -2.14. The predicted octanol–water partition coefficient (Wildman–Crippen LogP) is 5.06. The van der Waals surface area contributed by atoms with E-state index in [9.17, 15) is 4.79 Å². The molecule has 0 aliphatic heterocycles. The van der Waals surface area contributed by atoms with Crippen LogP contribution >= 0.6 is 0 Å². The Balaban J connectivity index is 1.58. The van der Waals surface area contributed by atoms with Crippen molar-refractivity contribution in [2.75, 3.05) is 5.32 Å². The Kier molecular flexibility index (Phi) is 5.20. The smallest absolute Gasteiger partial charge is 0.255 e. The van der Waals surface area contributed by atoms with Crippen molar-refractivity contribution in [3.63, 3.8) is 0 Å². The summed E-state index contributed by atoms with van der Waals surface area (Å²) in [7, 11) is 0. The molecule has 0 fully saturated rings. The highest BCUT2D eigenvalue weighted by Crippen LogP contribution is 2.26. The lowest BCUT2D eigenvalue weighted by atomic mass is 10.0. The molecule has 5 nitrogen and oxygen atoms in total. The Morgan fingerprint density at radius 1 is 0.931 bits per heavy atom. The van der Waals surface area contributed by atoms with Gasteiger partial charge in [-0.15, -0.1) is 10.2 Å². The molecular formula is C24H22N4O. The molecule has 0 unspecified atom stereocenters. The van der Waals surface area contributed by atoms with Gasteiger partial charge in [-0.05, 0) is 59.9 Å². The van der Waals surface area contributed by atoms with E-state index < -0.39 is 0 Å². The molecule has 0 aliphatic rings. The zero-order valence-corrected chi connectivity index (χ0v) is 16.5. The predicted molar refractivity (Wildman–Crippen MR) is 115 cm³/mol. The van der Waals surface area contributed by atoms with Crippen LogP contribution < -0.4 is 5.32 Å². The summed E-state index contributed by atoms with van der Waals surface area (Å²) in [6.07, 6.45) is 4.14. The van der Waals surface area contributed by atoms with Gasteiger partial charge in [-0.25, -0.2) is 0 Å². The van der Waals surface area contributed by atoms with E-state index >= 15 is 0 Å². The molecule has 144 valence electrons. The highest BCUT2D eigenvalue weighted by atomic mass is 16.1. The molecule has 0 aliphatic carbocycles. The van der Waals surface area contributed by atoms with Crippen LogP contribution in [0.4, 0.5) is 5.69 Å². The quantitative estimate of drug-likeness (QED) is 0.525. The first-order valence-corrected chi connectivity index (χ1v) is 9.61. The summed E-state index contributed by atoms with van der Waals surface area (Å²) in [5, 5.41) is 10.8. The highest BCUT2D eigenvalue weighted by molar-refractivity contribution is 6.05. The van der Waals surface area contributed by atoms with Gasteiger partial charge in [0.1, 0.15) is 12.7 Å². The number of rotatable bonds is 5. The maximum Gasteiger partial charge on any atom is 0.255 e. The van der Waals surface area contributed by atoms with Crippen LogP contribution in [0.1, 0.15) is 28.4 Å². The zero-order valence-electron chi connectivity index (χ0n) is 16.5. The molecule has 1 N–H and O–H groups in total. The summed E-state index contributed by atoms with van der Waals surface area (Å²) < 4.78 is 1.86. The minimum absolute atomic E-state index is 0.112. The van der Waals surface area contributed by atoms with Crippen LogP contribution in [0.15, 0.2) is 79.4 Å². The van der Waals surface area contributed by atoms with Crippen molar-refractivity contribution in [1.29, 1.82) is 0 Å². The molecule has 29 heavy (non-hydrogen) atoms. The highest BCUT2D eigenvalue weighted by Gasteiger charge is 2.13. The fourth-order valence-electron chi connectivity index (χ4n) is 3.41. The van der Waals surface area contributed by atoms with E-state index in [1.165, 1.54) is 0 Å². The number of aryl methyl sites for hydroxylation is 2. The largest absolute Gasteiger partial charge is 0.321 e. The molecule has 0 saturated carbocycles. The molecule has 4 aromatic rings. The molecule has 0 spiro atoms. The van der Waals surface area contributed by atoms with Crippen molar-refractivity contribution < 1.29 is 4.79 Å². The van der Waals surface area contributed by atoms with Gasteiger partial charge in [0.25, 0.3) is 5.91 Å². The molecule has 0 bridgehead atoms. The number of nitrogens with zero attached hydrogens (tertiary/aromatic N) is 3. The number of hydrogen-bond acceptors (Lipinski definition) is 3. The SMILES string of the molecule is CCc1cc(-n2cnnc2)cc(C)c1NC(=O)c1ccc(-c2ccccc2)cc1. The Bertz CT molecular complexity index is 1120. The van der Waals surface area contributed by atoms with Gasteiger partial charge in [-0.3, -0.25) is 9.36 Å². The van der Waals surface area contributed by atoms with Crippen molar-refractivity contribution in [3.05, 3.63) is 96.1 Å². The molecule has 0 saturated heterocycles. The first-order valence-electron chi connectivity index (χ1n) is 9.61. The number of carbonyl (C=O) groups is 1.